The molecule has 12 heavy (non-hydrogen) atoms. The average Bonchev–Trinajstić information content (AvgIpc) is 2.06. The summed E-state index contributed by atoms with van der Waals surface area (Å²) in [5.41, 5.74) is 4.53. The minimum atomic E-state index is -0.817. The van der Waals surface area contributed by atoms with E-state index in [9.17, 15) is 5.11 Å². The number of rotatable bonds is 2. The highest BCUT2D eigenvalue weighted by molar-refractivity contribution is 9.10. The van der Waals surface area contributed by atoms with Crippen LogP contribution in [0.1, 0.15) is 13.8 Å². The van der Waals surface area contributed by atoms with E-state index in [1.165, 1.54) is 4.68 Å². The summed E-state index contributed by atoms with van der Waals surface area (Å²) >= 11 is 3.17. The van der Waals surface area contributed by atoms with E-state index in [-0.39, 0.29) is 5.95 Å². The van der Waals surface area contributed by atoms with Crippen LogP contribution in [0, 0.1) is 0 Å². The second-order valence-electron chi connectivity index (χ2n) is 3.21. The number of hydrogen-bond acceptors (Lipinski definition) is 4. The number of nitrogens with two attached hydrogens (primary N) is 1. The van der Waals surface area contributed by atoms with Crippen molar-refractivity contribution in [2.45, 2.75) is 26.0 Å². The number of nitrogens with zero attached hydrogens (tertiary/aromatic N) is 3. The van der Waals surface area contributed by atoms with Crippen LogP contribution in [0.15, 0.2) is 4.73 Å². The van der Waals surface area contributed by atoms with E-state index in [1.807, 2.05) is 0 Å². The van der Waals surface area contributed by atoms with Crippen molar-refractivity contribution >= 4 is 21.9 Å². The highest BCUT2D eigenvalue weighted by Crippen LogP contribution is 2.12. The Kier molecular flexibility index (Phi) is 2.39. The van der Waals surface area contributed by atoms with E-state index in [1.54, 1.807) is 13.8 Å². The Bertz CT molecular complexity index is 278. The molecule has 6 heteroatoms. The molecule has 1 aromatic heterocycles. The molecule has 1 rings (SSSR count). The van der Waals surface area contributed by atoms with Crippen molar-refractivity contribution in [3.8, 4) is 0 Å². The van der Waals surface area contributed by atoms with Gasteiger partial charge in [0.2, 0.25) is 5.95 Å². The monoisotopic (exact) mass is 234 g/mol. The minimum Gasteiger partial charge on any atom is -0.389 e. The molecule has 1 aromatic rings. The van der Waals surface area contributed by atoms with Crippen LogP contribution in [-0.4, -0.2) is 25.5 Å². The number of anilines is 1. The maximum absolute atomic E-state index is 9.45. The predicted octanol–water partition coefficient (Wildman–Crippen LogP) is 0.394. The van der Waals surface area contributed by atoms with Crippen LogP contribution in [0.2, 0.25) is 0 Å². The molecule has 3 N–H and O–H groups in total. The molecule has 0 amide bonds. The zero-order valence-electron chi connectivity index (χ0n) is 6.95. The Labute approximate surface area is 78.7 Å². The first-order valence-corrected chi connectivity index (χ1v) is 4.26. The fraction of sp³-hybridized carbons (Fsp3) is 0.667. The van der Waals surface area contributed by atoms with E-state index < -0.39 is 5.60 Å². The first kappa shape index (κ1) is 9.47. The summed E-state index contributed by atoms with van der Waals surface area (Å²) in [4.78, 5) is 3.83. The van der Waals surface area contributed by atoms with E-state index in [2.05, 4.69) is 26.0 Å². The van der Waals surface area contributed by atoms with Crippen LogP contribution in [0.5, 0.6) is 0 Å². The Morgan fingerprint density at radius 2 is 2.25 bits per heavy atom. The van der Waals surface area contributed by atoms with Crippen LogP contribution in [0.4, 0.5) is 5.95 Å². The number of aromatic nitrogens is 3. The van der Waals surface area contributed by atoms with Crippen LogP contribution >= 0.6 is 15.9 Å². The number of aliphatic hydroxyl groups is 1. The lowest BCUT2D eigenvalue weighted by atomic mass is 10.1. The van der Waals surface area contributed by atoms with Crippen molar-refractivity contribution < 1.29 is 5.11 Å². The fourth-order valence-corrected chi connectivity index (χ4v) is 1.19. The second kappa shape index (κ2) is 3.02. The first-order chi connectivity index (χ1) is 5.38. The van der Waals surface area contributed by atoms with Crippen molar-refractivity contribution in [3.05, 3.63) is 4.73 Å². The molecule has 0 fully saturated rings. The highest BCUT2D eigenvalue weighted by atomic mass is 79.9. The van der Waals surface area contributed by atoms with Crippen LogP contribution < -0.4 is 5.73 Å². The lowest BCUT2D eigenvalue weighted by Gasteiger charge is -2.16. The third-order valence-corrected chi connectivity index (χ3v) is 1.77. The summed E-state index contributed by atoms with van der Waals surface area (Å²) in [5.74, 6) is 0.200. The van der Waals surface area contributed by atoms with Crippen molar-refractivity contribution in [1.82, 2.24) is 14.8 Å². The van der Waals surface area contributed by atoms with E-state index in [0.29, 0.717) is 11.3 Å². The second-order valence-corrected chi connectivity index (χ2v) is 3.92. The maximum Gasteiger partial charge on any atom is 0.240 e. The fourth-order valence-electron chi connectivity index (χ4n) is 0.807. The van der Waals surface area contributed by atoms with Crippen LogP contribution in [-0.2, 0) is 6.54 Å². The summed E-state index contributed by atoms with van der Waals surface area (Å²) in [6.07, 6.45) is 0. The quantitative estimate of drug-likeness (QED) is 0.777. The molecule has 0 saturated heterocycles. The van der Waals surface area contributed by atoms with Gasteiger partial charge in [-0.3, -0.25) is 0 Å². The topological polar surface area (TPSA) is 77.0 Å². The Morgan fingerprint density at radius 1 is 1.67 bits per heavy atom. The largest absolute Gasteiger partial charge is 0.389 e. The van der Waals surface area contributed by atoms with Crippen LogP contribution in [0.3, 0.4) is 0 Å². The van der Waals surface area contributed by atoms with E-state index in [4.69, 9.17) is 5.73 Å². The van der Waals surface area contributed by atoms with Gasteiger partial charge in [-0.05, 0) is 29.8 Å². The SMILES string of the molecule is CC(C)(O)Cn1nc(N)nc1Br. The number of nitrogen functional groups attached to an aromatic ring is 1. The van der Waals surface area contributed by atoms with Gasteiger partial charge in [-0.2, -0.15) is 4.98 Å². The molecule has 0 saturated carbocycles. The van der Waals surface area contributed by atoms with Gasteiger partial charge in [-0.15, -0.1) is 5.10 Å². The molecule has 0 aliphatic carbocycles. The van der Waals surface area contributed by atoms with Gasteiger partial charge in [0.15, 0.2) is 4.73 Å². The van der Waals surface area contributed by atoms with Crippen molar-refractivity contribution in [1.29, 1.82) is 0 Å². The van der Waals surface area contributed by atoms with Gasteiger partial charge >= 0.3 is 0 Å². The molecule has 0 unspecified atom stereocenters. The minimum absolute atomic E-state index is 0.200. The van der Waals surface area contributed by atoms with Gasteiger partial charge in [0.25, 0.3) is 0 Å². The molecule has 0 aliphatic heterocycles. The molecule has 0 spiro atoms. The normalized spacial score (nSPS) is 12.0. The van der Waals surface area contributed by atoms with Crippen LogP contribution in [0.25, 0.3) is 0 Å². The van der Waals surface area contributed by atoms with Gasteiger partial charge in [0, 0.05) is 0 Å². The molecule has 1 heterocycles. The van der Waals surface area contributed by atoms with E-state index in [0.717, 1.165) is 0 Å². The molecule has 5 nitrogen and oxygen atoms in total. The summed E-state index contributed by atoms with van der Waals surface area (Å²) in [7, 11) is 0. The third-order valence-electron chi connectivity index (χ3n) is 1.18. The summed E-state index contributed by atoms with van der Waals surface area (Å²) in [6, 6.07) is 0. The van der Waals surface area contributed by atoms with Gasteiger partial charge < -0.3 is 10.8 Å². The molecule has 0 bridgehead atoms. The van der Waals surface area contributed by atoms with Gasteiger partial charge in [0.1, 0.15) is 0 Å². The van der Waals surface area contributed by atoms with Crippen molar-refractivity contribution in [2.24, 2.45) is 0 Å². The van der Waals surface area contributed by atoms with Crippen molar-refractivity contribution in [2.75, 3.05) is 5.73 Å². The smallest absolute Gasteiger partial charge is 0.240 e. The predicted molar refractivity (Wildman–Crippen MR) is 48.4 cm³/mol. The number of halogens is 1. The highest BCUT2D eigenvalue weighted by Gasteiger charge is 2.16. The first-order valence-electron chi connectivity index (χ1n) is 3.47. The molecular weight excluding hydrogens is 224 g/mol. The Hall–Kier alpha value is -0.620. The molecule has 68 valence electrons. The van der Waals surface area contributed by atoms with Gasteiger partial charge in [-0.1, -0.05) is 0 Å². The summed E-state index contributed by atoms with van der Waals surface area (Å²) < 4.78 is 2.04. The lowest BCUT2D eigenvalue weighted by molar-refractivity contribution is 0.0569. The zero-order valence-corrected chi connectivity index (χ0v) is 8.54. The Morgan fingerprint density at radius 3 is 2.58 bits per heavy atom. The third kappa shape index (κ3) is 2.46. The zero-order chi connectivity index (χ0) is 9.35. The van der Waals surface area contributed by atoms with E-state index >= 15 is 0 Å². The summed E-state index contributed by atoms with van der Waals surface area (Å²) in [5, 5.41) is 13.3. The molecule has 0 atom stereocenters. The molecule has 0 aromatic carbocycles. The summed E-state index contributed by atoms with van der Waals surface area (Å²) in [6.45, 7) is 3.74. The average molecular weight is 235 g/mol. The molecule has 0 radical (unpaired) electrons. The standard InChI is InChI=1S/C6H11BrN4O/c1-6(2,12)3-11-4(7)9-5(8)10-11/h12H,3H2,1-2H3,(H2,8,10). The molecule has 0 aliphatic rings. The number of hydrogen-bond donors (Lipinski definition) is 2. The van der Waals surface area contributed by atoms with Crippen molar-refractivity contribution in [3.63, 3.8) is 0 Å². The van der Waals surface area contributed by atoms with Gasteiger partial charge in [0.05, 0.1) is 12.1 Å². The lowest BCUT2D eigenvalue weighted by Crippen LogP contribution is -2.26. The maximum atomic E-state index is 9.45. The van der Waals surface area contributed by atoms with Gasteiger partial charge in [-0.25, -0.2) is 4.68 Å². The Balaban J connectivity index is 2.82. The molecular formula is C6H11BrN4O.